The average molecular weight is 371 g/mol. The smallest absolute Gasteiger partial charge is 0.262 e. The quantitative estimate of drug-likeness (QED) is 0.809. The first-order chi connectivity index (χ1) is 9.83. The lowest BCUT2D eigenvalue weighted by Crippen LogP contribution is -2.14. The van der Waals surface area contributed by atoms with Crippen LogP contribution in [-0.2, 0) is 10.0 Å². The summed E-state index contributed by atoms with van der Waals surface area (Å²) in [6, 6.07) is 9.74. The predicted molar refractivity (Wildman–Crippen MR) is 87.1 cm³/mol. The molecule has 5 nitrogen and oxygen atoms in total. The van der Waals surface area contributed by atoms with Gasteiger partial charge < -0.3 is 10.5 Å². The van der Waals surface area contributed by atoms with E-state index in [2.05, 4.69) is 20.7 Å². The zero-order chi connectivity index (χ0) is 15.6. The van der Waals surface area contributed by atoms with Crippen LogP contribution in [0.15, 0.2) is 45.8 Å². The van der Waals surface area contributed by atoms with Crippen molar-refractivity contribution in [3.63, 3.8) is 0 Å². The summed E-state index contributed by atoms with van der Waals surface area (Å²) in [5.74, 6) is 0.655. The molecule has 0 aliphatic rings. The number of hydrogen-bond acceptors (Lipinski definition) is 4. The number of aryl methyl sites for hydroxylation is 1. The zero-order valence-electron chi connectivity index (χ0n) is 11.6. The van der Waals surface area contributed by atoms with Gasteiger partial charge in [-0.25, -0.2) is 8.42 Å². The fourth-order valence-corrected chi connectivity index (χ4v) is 3.61. The van der Waals surface area contributed by atoms with Gasteiger partial charge in [-0.1, -0.05) is 0 Å². The van der Waals surface area contributed by atoms with Crippen LogP contribution in [0.2, 0.25) is 0 Å². The van der Waals surface area contributed by atoms with Gasteiger partial charge in [0.1, 0.15) is 5.75 Å². The standard InChI is InChI=1S/C14H15BrN2O3S/c1-9-7-12(15)13(16)8-14(9)21(18,19)17-10-3-5-11(20-2)6-4-10/h3-8,17H,16H2,1-2H3. The van der Waals surface area contributed by atoms with Crippen molar-refractivity contribution in [2.75, 3.05) is 17.6 Å². The number of nitrogens with one attached hydrogen (secondary N) is 1. The molecule has 0 heterocycles. The van der Waals surface area contributed by atoms with E-state index in [-0.39, 0.29) is 4.90 Å². The van der Waals surface area contributed by atoms with Crippen molar-refractivity contribution in [2.45, 2.75) is 11.8 Å². The van der Waals surface area contributed by atoms with E-state index in [1.807, 2.05) is 0 Å². The summed E-state index contributed by atoms with van der Waals surface area (Å²) in [7, 11) is -2.15. The Bertz CT molecular complexity index is 759. The molecule has 7 heteroatoms. The van der Waals surface area contributed by atoms with E-state index in [9.17, 15) is 8.42 Å². The van der Waals surface area contributed by atoms with E-state index in [0.717, 1.165) is 0 Å². The lowest BCUT2D eigenvalue weighted by atomic mass is 10.2. The molecule has 0 saturated carbocycles. The highest BCUT2D eigenvalue weighted by atomic mass is 79.9. The molecule has 0 spiro atoms. The maximum Gasteiger partial charge on any atom is 0.262 e. The molecule has 0 aliphatic carbocycles. The van der Waals surface area contributed by atoms with Crippen LogP contribution in [0.1, 0.15) is 5.56 Å². The topological polar surface area (TPSA) is 81.4 Å². The summed E-state index contributed by atoms with van der Waals surface area (Å²) in [6.45, 7) is 1.72. The minimum Gasteiger partial charge on any atom is -0.497 e. The molecular weight excluding hydrogens is 356 g/mol. The monoisotopic (exact) mass is 370 g/mol. The fourth-order valence-electron chi connectivity index (χ4n) is 1.83. The van der Waals surface area contributed by atoms with Crippen LogP contribution >= 0.6 is 15.9 Å². The second-order valence-electron chi connectivity index (χ2n) is 4.47. The van der Waals surface area contributed by atoms with Crippen LogP contribution in [0.5, 0.6) is 5.75 Å². The average Bonchev–Trinajstić information content (AvgIpc) is 2.43. The molecule has 21 heavy (non-hydrogen) atoms. The zero-order valence-corrected chi connectivity index (χ0v) is 14.0. The van der Waals surface area contributed by atoms with Gasteiger partial charge in [0.15, 0.2) is 0 Å². The molecule has 0 unspecified atom stereocenters. The molecule has 2 rings (SSSR count). The summed E-state index contributed by atoms with van der Waals surface area (Å²) in [5.41, 5.74) is 7.20. The number of methoxy groups -OCH3 is 1. The van der Waals surface area contributed by atoms with Crippen LogP contribution in [-0.4, -0.2) is 15.5 Å². The van der Waals surface area contributed by atoms with Crippen LogP contribution in [0, 0.1) is 6.92 Å². The molecule has 112 valence electrons. The first kappa shape index (κ1) is 15.7. The number of sulfonamides is 1. The van der Waals surface area contributed by atoms with Crippen molar-refractivity contribution in [3.8, 4) is 5.75 Å². The van der Waals surface area contributed by atoms with Crippen molar-refractivity contribution in [3.05, 3.63) is 46.4 Å². The molecule has 0 amide bonds. The Kier molecular flexibility index (Phi) is 4.43. The molecule has 0 bridgehead atoms. The lowest BCUT2D eigenvalue weighted by molar-refractivity contribution is 0.415. The highest BCUT2D eigenvalue weighted by molar-refractivity contribution is 9.10. The predicted octanol–water partition coefficient (Wildman–Crippen LogP) is 3.15. The highest BCUT2D eigenvalue weighted by Gasteiger charge is 2.18. The summed E-state index contributed by atoms with van der Waals surface area (Å²) < 4.78 is 33.1. The number of halogens is 1. The van der Waals surface area contributed by atoms with Gasteiger partial charge in [-0.2, -0.15) is 0 Å². The number of nitrogens with two attached hydrogens (primary N) is 1. The van der Waals surface area contributed by atoms with Gasteiger partial charge in [-0.15, -0.1) is 0 Å². The van der Waals surface area contributed by atoms with E-state index in [1.165, 1.54) is 6.07 Å². The van der Waals surface area contributed by atoms with E-state index < -0.39 is 10.0 Å². The van der Waals surface area contributed by atoms with Gasteiger partial charge in [-0.3, -0.25) is 4.72 Å². The van der Waals surface area contributed by atoms with Crippen LogP contribution in [0.4, 0.5) is 11.4 Å². The Balaban J connectivity index is 2.35. The van der Waals surface area contributed by atoms with Gasteiger partial charge in [0.2, 0.25) is 0 Å². The summed E-state index contributed by atoms with van der Waals surface area (Å²) in [6.07, 6.45) is 0. The molecule has 2 aromatic rings. The summed E-state index contributed by atoms with van der Waals surface area (Å²) in [5, 5.41) is 0. The number of nitrogen functional groups attached to an aromatic ring is 1. The maximum atomic E-state index is 12.4. The molecule has 0 radical (unpaired) electrons. The van der Waals surface area contributed by atoms with E-state index in [0.29, 0.717) is 27.2 Å². The minimum atomic E-state index is -3.69. The van der Waals surface area contributed by atoms with Crippen molar-refractivity contribution in [2.24, 2.45) is 0 Å². The van der Waals surface area contributed by atoms with Crippen molar-refractivity contribution in [1.29, 1.82) is 0 Å². The van der Waals surface area contributed by atoms with Crippen molar-refractivity contribution in [1.82, 2.24) is 0 Å². The van der Waals surface area contributed by atoms with E-state index in [4.69, 9.17) is 10.5 Å². The highest BCUT2D eigenvalue weighted by Crippen LogP contribution is 2.28. The lowest BCUT2D eigenvalue weighted by Gasteiger charge is -2.12. The van der Waals surface area contributed by atoms with E-state index in [1.54, 1.807) is 44.4 Å². The molecular formula is C14H15BrN2O3S. The third kappa shape index (κ3) is 3.48. The molecule has 3 N–H and O–H groups in total. The van der Waals surface area contributed by atoms with Gasteiger partial charge in [0, 0.05) is 15.8 Å². The number of hydrogen-bond donors (Lipinski definition) is 2. The number of anilines is 2. The van der Waals surface area contributed by atoms with Gasteiger partial charge in [0.05, 0.1) is 12.0 Å². The molecule has 0 aliphatic heterocycles. The number of benzene rings is 2. The first-order valence-electron chi connectivity index (χ1n) is 6.06. The van der Waals surface area contributed by atoms with Crippen LogP contribution in [0.3, 0.4) is 0 Å². The summed E-state index contributed by atoms with van der Waals surface area (Å²) in [4.78, 5) is 0.152. The van der Waals surface area contributed by atoms with Gasteiger partial charge in [0.25, 0.3) is 10.0 Å². The van der Waals surface area contributed by atoms with Gasteiger partial charge in [-0.05, 0) is 64.8 Å². The Hall–Kier alpha value is -1.73. The number of ether oxygens (including phenoxy) is 1. The number of rotatable bonds is 4. The molecule has 0 saturated heterocycles. The van der Waals surface area contributed by atoms with Crippen molar-refractivity contribution < 1.29 is 13.2 Å². The van der Waals surface area contributed by atoms with Gasteiger partial charge >= 0.3 is 0 Å². The Morgan fingerprint density at radius 1 is 1.19 bits per heavy atom. The normalized spacial score (nSPS) is 11.2. The molecule has 0 fully saturated rings. The third-order valence-electron chi connectivity index (χ3n) is 2.93. The fraction of sp³-hybridized carbons (Fsp3) is 0.143. The Morgan fingerprint density at radius 3 is 2.38 bits per heavy atom. The second-order valence-corrected chi connectivity index (χ2v) is 6.98. The van der Waals surface area contributed by atoms with E-state index >= 15 is 0 Å². The maximum absolute atomic E-state index is 12.4. The minimum absolute atomic E-state index is 0.152. The molecule has 2 aromatic carbocycles. The molecule has 0 aromatic heterocycles. The van der Waals surface area contributed by atoms with Crippen molar-refractivity contribution >= 4 is 37.3 Å². The summed E-state index contributed by atoms with van der Waals surface area (Å²) >= 11 is 3.28. The SMILES string of the molecule is COc1ccc(NS(=O)(=O)c2cc(N)c(Br)cc2C)cc1. The molecule has 0 atom stereocenters. The Morgan fingerprint density at radius 2 is 1.81 bits per heavy atom. The second kappa shape index (κ2) is 5.95. The van der Waals surface area contributed by atoms with Crippen LogP contribution in [0.25, 0.3) is 0 Å². The largest absolute Gasteiger partial charge is 0.497 e. The Labute approximate surface area is 132 Å². The first-order valence-corrected chi connectivity index (χ1v) is 8.33. The third-order valence-corrected chi connectivity index (χ3v) is 5.14. The van der Waals surface area contributed by atoms with Crippen LogP contribution < -0.4 is 15.2 Å².